The summed E-state index contributed by atoms with van der Waals surface area (Å²) in [5.74, 6) is -0.477. The highest BCUT2D eigenvalue weighted by molar-refractivity contribution is 7.47. The monoisotopic (exact) mass is 726 g/mol. The summed E-state index contributed by atoms with van der Waals surface area (Å²) in [4.78, 5) is 22.9. The Hall–Kier alpha value is -0.660. The molecule has 0 heterocycles. The highest BCUT2D eigenvalue weighted by Gasteiger charge is 2.51. The first-order valence-electron chi connectivity index (χ1n) is 19.4. The largest absolute Gasteiger partial charge is 0.472 e. The Morgan fingerprint density at radius 1 is 0.571 bits per heavy atom. The van der Waals surface area contributed by atoms with E-state index in [9.17, 15) is 39.8 Å². The molecule has 0 aliphatic heterocycles. The minimum absolute atomic E-state index is 0.0702. The predicted molar refractivity (Wildman–Crippen MR) is 189 cm³/mol. The van der Waals surface area contributed by atoms with E-state index in [2.05, 4.69) is 13.8 Å². The van der Waals surface area contributed by atoms with Crippen LogP contribution >= 0.6 is 7.82 Å². The van der Waals surface area contributed by atoms with Crippen molar-refractivity contribution in [1.29, 1.82) is 0 Å². The molecule has 13 heteroatoms. The lowest BCUT2D eigenvalue weighted by Gasteiger charge is -2.41. The molecule has 6 N–H and O–H groups in total. The van der Waals surface area contributed by atoms with Gasteiger partial charge >= 0.3 is 13.8 Å². The Kier molecular flexibility index (Phi) is 27.3. The first kappa shape index (κ1) is 46.4. The molecule has 0 radical (unpaired) electrons. The van der Waals surface area contributed by atoms with Gasteiger partial charge in [-0.25, -0.2) is 4.57 Å². The summed E-state index contributed by atoms with van der Waals surface area (Å²) in [7, 11) is -4.99. The number of phosphoric ester groups is 1. The van der Waals surface area contributed by atoms with E-state index in [4.69, 9.17) is 18.5 Å². The predicted octanol–water partition coefficient (Wildman–Crippen LogP) is 6.25. The SMILES string of the molecule is CCCCCCCCCCCCCCCCC(=O)OC(COCCCCCCCCCC)COP(=O)(O)OC1C(O)C(O)C(O)C(O)C1O. The third-order valence-corrected chi connectivity index (χ3v) is 10.2. The van der Waals surface area contributed by atoms with Gasteiger partial charge in [0.2, 0.25) is 0 Å². The van der Waals surface area contributed by atoms with Crippen molar-refractivity contribution in [1.82, 2.24) is 0 Å². The highest BCUT2D eigenvalue weighted by atomic mass is 31.2. The maximum atomic E-state index is 12.7. The maximum absolute atomic E-state index is 12.7. The minimum atomic E-state index is -4.99. The maximum Gasteiger partial charge on any atom is 0.472 e. The third-order valence-electron chi connectivity index (χ3n) is 9.23. The van der Waals surface area contributed by atoms with Gasteiger partial charge in [-0.3, -0.25) is 13.8 Å². The molecule has 0 amide bonds. The van der Waals surface area contributed by atoms with Gasteiger partial charge < -0.3 is 39.9 Å². The third kappa shape index (κ3) is 22.1. The first-order valence-corrected chi connectivity index (χ1v) is 20.9. The van der Waals surface area contributed by atoms with Crippen LogP contribution in [0.25, 0.3) is 0 Å². The molecule has 1 aliphatic rings. The van der Waals surface area contributed by atoms with Gasteiger partial charge in [-0.2, -0.15) is 0 Å². The van der Waals surface area contributed by atoms with Gasteiger partial charge in [0, 0.05) is 13.0 Å². The van der Waals surface area contributed by atoms with Crippen molar-refractivity contribution in [3.05, 3.63) is 0 Å². The van der Waals surface area contributed by atoms with Gasteiger partial charge in [0.1, 0.15) is 42.7 Å². The van der Waals surface area contributed by atoms with Gasteiger partial charge in [-0.05, 0) is 12.8 Å². The molecule has 0 aromatic carbocycles. The molecule has 292 valence electrons. The number of esters is 1. The molecule has 0 spiro atoms. The average molecular weight is 727 g/mol. The van der Waals surface area contributed by atoms with Crippen LogP contribution in [0.4, 0.5) is 0 Å². The Labute approximate surface area is 295 Å². The smallest absolute Gasteiger partial charge is 0.457 e. The first-order chi connectivity index (χ1) is 23.5. The van der Waals surface area contributed by atoms with Crippen LogP contribution in [0, 0.1) is 0 Å². The Morgan fingerprint density at radius 3 is 1.41 bits per heavy atom. The highest BCUT2D eigenvalue weighted by Crippen LogP contribution is 2.47. The van der Waals surface area contributed by atoms with Crippen LogP contribution in [0.3, 0.4) is 0 Å². The summed E-state index contributed by atoms with van der Waals surface area (Å²) in [5, 5.41) is 49.9. The molecule has 0 aromatic rings. The number of ether oxygens (including phenoxy) is 2. The van der Waals surface area contributed by atoms with E-state index in [1.807, 2.05) is 0 Å². The van der Waals surface area contributed by atoms with Crippen molar-refractivity contribution in [2.24, 2.45) is 0 Å². The van der Waals surface area contributed by atoms with Crippen LogP contribution < -0.4 is 0 Å². The fourth-order valence-electron chi connectivity index (χ4n) is 6.06. The number of hydrogen-bond donors (Lipinski definition) is 6. The van der Waals surface area contributed by atoms with Crippen LogP contribution in [0.5, 0.6) is 0 Å². The molecule has 1 fully saturated rings. The van der Waals surface area contributed by atoms with Crippen LogP contribution in [-0.2, 0) is 27.9 Å². The van der Waals surface area contributed by atoms with Crippen LogP contribution in [0.15, 0.2) is 0 Å². The molecule has 49 heavy (non-hydrogen) atoms. The van der Waals surface area contributed by atoms with Crippen LogP contribution in [-0.4, -0.2) is 98.9 Å². The topological polar surface area (TPSA) is 192 Å². The van der Waals surface area contributed by atoms with E-state index < -0.39 is 63.1 Å². The fourth-order valence-corrected chi connectivity index (χ4v) is 7.03. The molecule has 1 rings (SSSR count). The van der Waals surface area contributed by atoms with Crippen LogP contribution in [0.2, 0.25) is 0 Å². The van der Waals surface area contributed by atoms with Crippen molar-refractivity contribution in [2.45, 2.75) is 204 Å². The summed E-state index contributed by atoms with van der Waals surface area (Å²) < 4.78 is 33.9. The van der Waals surface area contributed by atoms with Crippen LogP contribution in [0.1, 0.15) is 162 Å². The second-order valence-electron chi connectivity index (χ2n) is 13.8. The molecular formula is C36H71O12P. The number of aliphatic hydroxyl groups excluding tert-OH is 5. The lowest BCUT2D eigenvalue weighted by molar-refractivity contribution is -0.220. The number of aliphatic hydroxyl groups is 5. The second kappa shape index (κ2) is 28.9. The molecule has 12 nitrogen and oxygen atoms in total. The van der Waals surface area contributed by atoms with Crippen molar-refractivity contribution in [3.63, 3.8) is 0 Å². The number of rotatable bonds is 32. The summed E-state index contributed by atoms with van der Waals surface area (Å²) in [6, 6.07) is 0. The number of unbranched alkanes of at least 4 members (excludes halogenated alkanes) is 20. The Bertz CT molecular complexity index is 833. The van der Waals surface area contributed by atoms with E-state index >= 15 is 0 Å². The van der Waals surface area contributed by atoms with E-state index in [0.29, 0.717) is 13.0 Å². The molecule has 0 aromatic heterocycles. The van der Waals surface area contributed by atoms with Crippen molar-refractivity contribution < 1.29 is 58.3 Å². The van der Waals surface area contributed by atoms with E-state index in [-0.39, 0.29) is 13.0 Å². The lowest BCUT2D eigenvalue weighted by atomic mass is 9.85. The number of phosphoric acid groups is 1. The molecular weight excluding hydrogens is 655 g/mol. The quantitative estimate of drug-likeness (QED) is 0.0260. The molecule has 0 saturated heterocycles. The lowest BCUT2D eigenvalue weighted by Crippen LogP contribution is -2.64. The van der Waals surface area contributed by atoms with Gasteiger partial charge in [-0.15, -0.1) is 0 Å². The van der Waals surface area contributed by atoms with Crippen molar-refractivity contribution in [3.8, 4) is 0 Å². The summed E-state index contributed by atoms with van der Waals surface area (Å²) >= 11 is 0. The zero-order valence-corrected chi connectivity index (χ0v) is 31.4. The summed E-state index contributed by atoms with van der Waals surface area (Å²) in [5.41, 5.74) is 0. The Morgan fingerprint density at radius 2 is 0.959 bits per heavy atom. The van der Waals surface area contributed by atoms with Gasteiger partial charge in [-0.1, -0.05) is 142 Å². The molecule has 6 unspecified atom stereocenters. The van der Waals surface area contributed by atoms with Gasteiger partial charge in [0.15, 0.2) is 0 Å². The molecule has 0 bridgehead atoms. The fraction of sp³-hybridized carbons (Fsp3) is 0.972. The molecule has 1 saturated carbocycles. The zero-order chi connectivity index (χ0) is 36.3. The normalized spacial score (nSPS) is 24.5. The van der Waals surface area contributed by atoms with E-state index in [0.717, 1.165) is 38.5 Å². The summed E-state index contributed by atoms with van der Waals surface area (Å²) in [6.07, 6.45) is 13.4. The standard InChI is InChI=1S/C36H71O12P/c1-3-5-7-9-11-13-14-15-16-17-18-19-21-23-25-30(37)47-29(27-45-26-24-22-20-12-10-8-6-4-2)28-46-49(43,44)48-36-34(41)32(39)31(38)33(40)35(36)42/h29,31-36,38-42H,3-28H2,1-2H3,(H,43,44). The van der Waals surface area contributed by atoms with Crippen molar-refractivity contribution >= 4 is 13.8 Å². The van der Waals surface area contributed by atoms with E-state index in [1.54, 1.807) is 0 Å². The number of carbonyl (C=O) groups excluding carboxylic acids is 1. The molecule has 1 aliphatic carbocycles. The molecule has 6 atom stereocenters. The Balaban J connectivity index is 2.44. The van der Waals surface area contributed by atoms with Gasteiger partial charge in [0.25, 0.3) is 0 Å². The zero-order valence-electron chi connectivity index (χ0n) is 30.5. The number of carbonyl (C=O) groups is 1. The average Bonchev–Trinajstić information content (AvgIpc) is 3.08. The van der Waals surface area contributed by atoms with E-state index in [1.165, 1.54) is 96.3 Å². The number of hydrogen-bond acceptors (Lipinski definition) is 11. The second-order valence-corrected chi connectivity index (χ2v) is 15.2. The summed E-state index contributed by atoms with van der Waals surface area (Å²) in [6.45, 7) is 4.21. The minimum Gasteiger partial charge on any atom is -0.457 e. The van der Waals surface area contributed by atoms with Gasteiger partial charge in [0.05, 0.1) is 13.2 Å². The van der Waals surface area contributed by atoms with Crippen molar-refractivity contribution in [2.75, 3.05) is 19.8 Å².